The first-order chi connectivity index (χ1) is 7.55. The molecule has 17 heavy (non-hydrogen) atoms. The molecule has 3 aliphatic carbocycles. The van der Waals surface area contributed by atoms with Gasteiger partial charge in [0.1, 0.15) is 0 Å². The Labute approximate surface area is 110 Å². The monoisotopic (exact) mass is 261 g/mol. The van der Waals surface area contributed by atoms with Gasteiger partial charge in [0.05, 0.1) is 12.0 Å². The normalized spacial score (nSPS) is 37.1. The molecule has 0 aromatic carbocycles. The van der Waals surface area contributed by atoms with Crippen molar-refractivity contribution in [3.8, 4) is 0 Å². The first kappa shape index (κ1) is 14.8. The highest BCUT2D eigenvalue weighted by atomic mass is 35.5. The second-order valence-electron chi connectivity index (χ2n) is 5.65. The van der Waals surface area contributed by atoms with Crippen LogP contribution in [0.1, 0.15) is 52.4 Å². The molecule has 0 spiro atoms. The molecule has 4 heteroatoms. The van der Waals surface area contributed by atoms with Gasteiger partial charge in [-0.1, -0.05) is 0 Å². The lowest BCUT2D eigenvalue weighted by atomic mass is 9.52. The lowest BCUT2D eigenvalue weighted by Crippen LogP contribution is -2.52. The number of hydrogen-bond acceptors (Lipinski definition) is 3. The molecule has 0 aliphatic heterocycles. The molecule has 3 saturated carbocycles. The highest BCUT2D eigenvalue weighted by Gasteiger charge is 2.54. The summed E-state index contributed by atoms with van der Waals surface area (Å²) in [6, 6.07) is 0.257. The maximum Gasteiger partial charge on any atom is 0.312 e. The summed E-state index contributed by atoms with van der Waals surface area (Å²) in [5, 5.41) is 0. The Balaban J connectivity index is 0.00000144. The zero-order chi connectivity index (χ0) is 11.8. The minimum atomic E-state index is -0.160. The van der Waals surface area contributed by atoms with Gasteiger partial charge in [0.15, 0.2) is 0 Å². The summed E-state index contributed by atoms with van der Waals surface area (Å²) >= 11 is 0. The van der Waals surface area contributed by atoms with E-state index >= 15 is 0 Å². The Hall–Kier alpha value is -0.280. The van der Waals surface area contributed by atoms with Crippen molar-refractivity contribution >= 4 is 18.4 Å². The number of carbonyl (C=O) groups excluding carboxylic acids is 1. The van der Waals surface area contributed by atoms with Crippen LogP contribution in [0.5, 0.6) is 0 Å². The number of nitrogens with two attached hydrogens (primary N) is 1. The van der Waals surface area contributed by atoms with Gasteiger partial charge in [-0.2, -0.15) is 0 Å². The van der Waals surface area contributed by atoms with Crippen LogP contribution in [0.25, 0.3) is 0 Å². The Kier molecular flexibility index (Phi) is 4.48. The zero-order valence-electron chi connectivity index (χ0n) is 10.8. The average Bonchev–Trinajstić information content (AvgIpc) is 2.31. The van der Waals surface area contributed by atoms with Gasteiger partial charge in [0, 0.05) is 6.04 Å². The van der Waals surface area contributed by atoms with E-state index in [4.69, 9.17) is 10.5 Å². The lowest BCUT2D eigenvalue weighted by Gasteiger charge is -2.53. The fraction of sp³-hybridized carbons (Fsp3) is 0.923. The van der Waals surface area contributed by atoms with Crippen LogP contribution in [0.2, 0.25) is 0 Å². The van der Waals surface area contributed by atoms with Gasteiger partial charge in [-0.3, -0.25) is 4.79 Å². The van der Waals surface area contributed by atoms with E-state index in [1.54, 1.807) is 0 Å². The number of hydrogen-bond donors (Lipinski definition) is 1. The second-order valence-corrected chi connectivity index (χ2v) is 5.65. The van der Waals surface area contributed by atoms with Crippen LogP contribution in [-0.2, 0) is 9.53 Å². The van der Waals surface area contributed by atoms with E-state index in [0.717, 1.165) is 38.5 Å². The van der Waals surface area contributed by atoms with Gasteiger partial charge >= 0.3 is 5.97 Å². The molecule has 0 saturated heterocycles. The van der Waals surface area contributed by atoms with E-state index in [9.17, 15) is 4.79 Å². The second kappa shape index (κ2) is 5.15. The van der Waals surface area contributed by atoms with Crippen molar-refractivity contribution in [1.82, 2.24) is 0 Å². The van der Waals surface area contributed by atoms with E-state index < -0.39 is 0 Å². The molecule has 2 bridgehead atoms. The van der Waals surface area contributed by atoms with Gasteiger partial charge in [0.25, 0.3) is 0 Å². The average molecular weight is 262 g/mol. The third-order valence-corrected chi connectivity index (χ3v) is 4.98. The molecule has 0 radical (unpaired) electrons. The molecule has 2 N–H and O–H groups in total. The predicted molar refractivity (Wildman–Crippen MR) is 70.1 cm³/mol. The molecule has 3 fully saturated rings. The van der Waals surface area contributed by atoms with Crippen LogP contribution in [0.3, 0.4) is 0 Å². The predicted octanol–water partition coefficient (Wildman–Crippen LogP) is 2.66. The van der Waals surface area contributed by atoms with Gasteiger partial charge in [-0.25, -0.2) is 0 Å². The Morgan fingerprint density at radius 2 is 1.71 bits per heavy atom. The standard InChI is InChI=1S/C13H23NO2.ClH/c1-3-16-11(15)13-7-4-12(5-8-13,6-9-13)10(2)14;/h10H,3-9,14H2,1-2H3;1H. The van der Waals surface area contributed by atoms with Gasteiger partial charge in [-0.05, 0) is 57.8 Å². The van der Waals surface area contributed by atoms with Crippen molar-refractivity contribution in [3.63, 3.8) is 0 Å². The number of esters is 1. The van der Waals surface area contributed by atoms with Crippen molar-refractivity contribution in [2.75, 3.05) is 6.61 Å². The maximum absolute atomic E-state index is 12.0. The highest BCUT2D eigenvalue weighted by molar-refractivity contribution is 5.85. The summed E-state index contributed by atoms with van der Waals surface area (Å²) in [6.45, 7) is 4.49. The van der Waals surface area contributed by atoms with Crippen LogP contribution in [0, 0.1) is 10.8 Å². The zero-order valence-corrected chi connectivity index (χ0v) is 11.6. The molecule has 0 aromatic rings. The van der Waals surface area contributed by atoms with Crippen molar-refractivity contribution in [3.05, 3.63) is 0 Å². The minimum Gasteiger partial charge on any atom is -0.466 e. The highest BCUT2D eigenvalue weighted by Crippen LogP contribution is 2.58. The SMILES string of the molecule is CCOC(=O)C12CCC(C(C)N)(CC1)CC2.Cl. The molecule has 3 rings (SSSR count). The minimum absolute atomic E-state index is 0. The van der Waals surface area contributed by atoms with Crippen molar-refractivity contribution in [2.45, 2.75) is 58.4 Å². The smallest absolute Gasteiger partial charge is 0.312 e. The summed E-state index contributed by atoms with van der Waals surface area (Å²) in [5.41, 5.74) is 6.25. The Bertz CT molecular complexity index is 267. The summed E-state index contributed by atoms with van der Waals surface area (Å²) in [4.78, 5) is 12.0. The van der Waals surface area contributed by atoms with E-state index in [0.29, 0.717) is 12.0 Å². The van der Waals surface area contributed by atoms with Gasteiger partial charge < -0.3 is 10.5 Å². The largest absolute Gasteiger partial charge is 0.466 e. The van der Waals surface area contributed by atoms with Crippen LogP contribution in [-0.4, -0.2) is 18.6 Å². The van der Waals surface area contributed by atoms with Crippen LogP contribution in [0.15, 0.2) is 0 Å². The number of ether oxygens (including phenoxy) is 1. The Morgan fingerprint density at radius 1 is 1.24 bits per heavy atom. The summed E-state index contributed by atoms with van der Waals surface area (Å²) in [5.74, 6) is 0.0352. The maximum atomic E-state index is 12.0. The molecule has 3 aliphatic rings. The number of rotatable bonds is 3. The third kappa shape index (κ3) is 2.32. The van der Waals surface area contributed by atoms with E-state index in [1.165, 1.54) is 0 Å². The fourth-order valence-corrected chi connectivity index (χ4v) is 3.49. The Morgan fingerprint density at radius 3 is 2.06 bits per heavy atom. The topological polar surface area (TPSA) is 52.3 Å². The number of carbonyl (C=O) groups is 1. The van der Waals surface area contributed by atoms with Crippen LogP contribution in [0.4, 0.5) is 0 Å². The third-order valence-electron chi connectivity index (χ3n) is 4.98. The van der Waals surface area contributed by atoms with Crippen molar-refractivity contribution < 1.29 is 9.53 Å². The van der Waals surface area contributed by atoms with Crippen LogP contribution >= 0.6 is 12.4 Å². The van der Waals surface area contributed by atoms with E-state index in [-0.39, 0.29) is 29.8 Å². The van der Waals surface area contributed by atoms with E-state index in [2.05, 4.69) is 6.92 Å². The number of halogens is 1. The van der Waals surface area contributed by atoms with Gasteiger partial charge in [0.2, 0.25) is 0 Å². The fourth-order valence-electron chi connectivity index (χ4n) is 3.49. The lowest BCUT2D eigenvalue weighted by molar-refractivity contribution is -0.166. The summed E-state index contributed by atoms with van der Waals surface area (Å²) in [6.07, 6.45) is 6.24. The van der Waals surface area contributed by atoms with Crippen molar-refractivity contribution in [2.24, 2.45) is 16.6 Å². The molecular weight excluding hydrogens is 238 g/mol. The number of fused-ring (bicyclic) bond motifs is 3. The summed E-state index contributed by atoms with van der Waals surface area (Å²) in [7, 11) is 0. The molecule has 0 heterocycles. The first-order valence-corrected chi connectivity index (χ1v) is 6.47. The molecule has 0 amide bonds. The molecule has 3 nitrogen and oxygen atoms in total. The molecule has 1 atom stereocenters. The first-order valence-electron chi connectivity index (χ1n) is 6.47. The molecular formula is C13H24ClNO2. The molecule has 0 aromatic heterocycles. The molecule has 1 unspecified atom stereocenters. The quantitative estimate of drug-likeness (QED) is 0.795. The summed E-state index contributed by atoms with van der Waals surface area (Å²) < 4.78 is 5.22. The molecule has 100 valence electrons. The van der Waals surface area contributed by atoms with E-state index in [1.807, 2.05) is 6.92 Å². The van der Waals surface area contributed by atoms with Crippen molar-refractivity contribution in [1.29, 1.82) is 0 Å². The van der Waals surface area contributed by atoms with Crippen LogP contribution < -0.4 is 5.73 Å². The van der Waals surface area contributed by atoms with Gasteiger partial charge in [-0.15, -0.1) is 12.4 Å².